The number of aromatic carboxylic acids is 3. The van der Waals surface area contributed by atoms with Gasteiger partial charge in [0.15, 0.2) is 0 Å². The van der Waals surface area contributed by atoms with E-state index in [4.69, 9.17) is 15.6 Å². The van der Waals surface area contributed by atoms with Crippen molar-refractivity contribution >= 4 is 58.0 Å². The molecule has 0 aliphatic carbocycles. The van der Waals surface area contributed by atoms with Crippen LogP contribution in [0.5, 0.6) is 0 Å². The van der Waals surface area contributed by atoms with E-state index in [-0.39, 0.29) is 58.9 Å². The average Bonchev–Trinajstić information content (AvgIpc) is 3.95. The molecule has 0 spiro atoms. The Morgan fingerprint density at radius 2 is 1.30 bits per heavy atom. The van der Waals surface area contributed by atoms with E-state index < -0.39 is 17.9 Å². The van der Waals surface area contributed by atoms with E-state index in [9.17, 15) is 19.5 Å². The number of thiophene rings is 1. The van der Waals surface area contributed by atoms with Crippen LogP contribution in [0, 0.1) is 6.92 Å². The van der Waals surface area contributed by atoms with Gasteiger partial charge in [-0.25, -0.2) is 24.4 Å². The Labute approximate surface area is 326 Å². The predicted molar refractivity (Wildman–Crippen MR) is 197 cm³/mol. The molecule has 3 N–H and O–H groups in total. The van der Waals surface area contributed by atoms with E-state index in [1.54, 1.807) is 28.9 Å². The summed E-state index contributed by atoms with van der Waals surface area (Å²) in [7, 11) is 0. The number of thiocarbonyl (C=S) groups is 1. The SMILES string of the molecule is Cc1ccc(-c2ccc(-c3cc(-c4nccs4)n[n-]3)nc2)s1.O=C(O)c1ccnc(-c2cc(C(=O)O)cc(-c3cc(C(=O)O)ccn3)n2)c1.[N-]=C=S.[Ru+2]. The summed E-state index contributed by atoms with van der Waals surface area (Å²) in [5, 5.41) is 47.2. The number of isothiocyanates is 1. The van der Waals surface area contributed by atoms with E-state index in [1.165, 1.54) is 63.7 Å². The van der Waals surface area contributed by atoms with E-state index in [0.717, 1.165) is 27.7 Å². The zero-order valence-electron chi connectivity index (χ0n) is 27.0. The first-order valence-corrected chi connectivity index (χ1v) is 16.8. The number of carboxylic acids is 3. The van der Waals surface area contributed by atoms with Crippen LogP contribution in [-0.2, 0) is 19.5 Å². The third-order valence-corrected chi connectivity index (χ3v) is 8.70. The molecule has 0 radical (unpaired) electrons. The fraction of sp³-hybridized carbons (Fsp3) is 0.0286. The molecular weight excluding hydrogens is 826 g/mol. The monoisotopic (exact) mass is 848 g/mol. The van der Waals surface area contributed by atoms with Gasteiger partial charge in [0, 0.05) is 51.2 Å². The molecule has 0 aliphatic rings. The van der Waals surface area contributed by atoms with Crippen LogP contribution >= 0.6 is 34.9 Å². The molecule has 0 saturated heterocycles. The normalized spacial score (nSPS) is 9.98. The van der Waals surface area contributed by atoms with E-state index in [2.05, 4.69) is 72.5 Å². The molecule has 264 valence electrons. The van der Waals surface area contributed by atoms with Crippen molar-refractivity contribution in [1.82, 2.24) is 35.1 Å². The number of pyridine rings is 4. The minimum atomic E-state index is -1.23. The van der Waals surface area contributed by atoms with Gasteiger partial charge in [0.05, 0.1) is 45.2 Å². The molecule has 14 nitrogen and oxygen atoms in total. The van der Waals surface area contributed by atoms with Crippen molar-refractivity contribution in [2.45, 2.75) is 6.92 Å². The first-order chi connectivity index (χ1) is 25.1. The second kappa shape index (κ2) is 18.5. The van der Waals surface area contributed by atoms with Gasteiger partial charge in [-0.15, -0.1) is 22.7 Å². The third kappa shape index (κ3) is 10.3. The van der Waals surface area contributed by atoms with Gasteiger partial charge in [-0.05, 0) is 73.7 Å². The maximum atomic E-state index is 11.5. The Balaban J connectivity index is 0.000000220. The number of aromatic nitrogens is 7. The largest absolute Gasteiger partial charge is 2.00 e. The Kier molecular flexibility index (Phi) is 13.8. The van der Waals surface area contributed by atoms with Crippen LogP contribution < -0.4 is 5.10 Å². The number of rotatable bonds is 8. The summed E-state index contributed by atoms with van der Waals surface area (Å²) in [6.07, 6.45) is 6.20. The molecule has 0 unspecified atom stereocenters. The van der Waals surface area contributed by atoms with Crippen LogP contribution in [-0.4, -0.2) is 68.4 Å². The van der Waals surface area contributed by atoms with Crippen LogP contribution in [0.25, 0.3) is 60.7 Å². The number of thiazole rings is 1. The zero-order chi connectivity index (χ0) is 37.2. The van der Waals surface area contributed by atoms with Gasteiger partial charge in [0.1, 0.15) is 5.01 Å². The summed E-state index contributed by atoms with van der Waals surface area (Å²) >= 11 is 7.02. The summed E-state index contributed by atoms with van der Waals surface area (Å²) in [4.78, 5) is 57.4. The number of carbonyl (C=O) groups is 3. The maximum absolute atomic E-state index is 11.5. The van der Waals surface area contributed by atoms with Gasteiger partial charge in [-0.1, -0.05) is 17.9 Å². The molecule has 7 aromatic heterocycles. The third-order valence-electron chi connectivity index (χ3n) is 6.85. The standard InChI is InChI=1S/C18H11N3O6.C16H11N4S2.CNS.Ru/c22-16(23)9-1-3-19-12(5-9)14-7-11(18(26)27)8-15(21-14)13-6-10(17(24)25)2-4-20-13;1-10-2-5-15(22-10)11-3-4-12(18-9-11)13-8-14(20-19-13)16-17-6-7-21-16;2-1-3;/h1-8H,(H,22,23)(H,24,25)(H,26,27);2-9H,1H3;;/q;2*-1;+2. The number of nitrogens with zero attached hydrogens (tertiary/aromatic N) is 8. The summed E-state index contributed by atoms with van der Waals surface area (Å²) in [6.45, 7) is 2.11. The molecule has 7 rings (SSSR count). The molecule has 7 heterocycles. The molecule has 7 aromatic rings. The van der Waals surface area contributed by atoms with Crippen molar-refractivity contribution in [2.75, 3.05) is 0 Å². The molecular formula is C35H22N8O6RuS3. The summed E-state index contributed by atoms with van der Waals surface area (Å²) in [6, 6.07) is 17.9. The molecule has 0 atom stereocenters. The fourth-order valence-corrected chi connectivity index (χ4v) is 5.93. The molecule has 18 heteroatoms. The molecule has 0 saturated carbocycles. The first kappa shape index (κ1) is 39.8. The van der Waals surface area contributed by atoms with Crippen LogP contribution in [0.4, 0.5) is 0 Å². The van der Waals surface area contributed by atoms with E-state index in [1.807, 2.05) is 23.7 Å². The predicted octanol–water partition coefficient (Wildman–Crippen LogP) is 7.22. The van der Waals surface area contributed by atoms with Gasteiger partial charge >= 0.3 is 37.4 Å². The van der Waals surface area contributed by atoms with Crippen molar-refractivity contribution in [3.05, 3.63) is 124 Å². The molecule has 0 aromatic carbocycles. The van der Waals surface area contributed by atoms with Gasteiger partial charge in [0.25, 0.3) is 0 Å². The number of aryl methyl sites for hydroxylation is 1. The van der Waals surface area contributed by atoms with Crippen molar-refractivity contribution in [3.8, 4) is 55.3 Å². The topological polar surface area (TPSA) is 226 Å². The van der Waals surface area contributed by atoms with Gasteiger partial charge in [0.2, 0.25) is 0 Å². The van der Waals surface area contributed by atoms with Gasteiger partial charge < -0.3 is 30.9 Å². The number of hydrogen-bond acceptors (Lipinski definition) is 12. The smallest absolute Gasteiger partial charge is 0.753 e. The quantitative estimate of drug-likeness (QED) is 0.0780. The zero-order valence-corrected chi connectivity index (χ0v) is 31.1. The molecule has 53 heavy (non-hydrogen) atoms. The summed E-state index contributed by atoms with van der Waals surface area (Å²) in [5.74, 6) is -3.56. The number of carboxylic acid groups (broad SMARTS) is 3. The Morgan fingerprint density at radius 3 is 1.77 bits per heavy atom. The second-order valence-electron chi connectivity index (χ2n) is 10.3. The van der Waals surface area contributed by atoms with E-state index in [0.29, 0.717) is 0 Å². The summed E-state index contributed by atoms with van der Waals surface area (Å²) < 4.78 is 0. The van der Waals surface area contributed by atoms with Gasteiger partial charge in [-0.3, -0.25) is 15.0 Å². The Bertz CT molecular complexity index is 2340. The van der Waals surface area contributed by atoms with Crippen LogP contribution in [0.1, 0.15) is 36.0 Å². The molecule has 0 aliphatic heterocycles. The second-order valence-corrected chi connectivity index (χ2v) is 12.7. The van der Waals surface area contributed by atoms with Crippen LogP contribution in [0.2, 0.25) is 0 Å². The summed E-state index contributed by atoms with van der Waals surface area (Å²) in [5.41, 5.74) is 3.90. The minimum absolute atomic E-state index is 0. The Hall–Kier alpha value is -6.03. The molecule has 0 bridgehead atoms. The van der Waals surface area contributed by atoms with Crippen LogP contribution in [0.15, 0.2) is 96.9 Å². The van der Waals surface area contributed by atoms with Crippen molar-refractivity contribution in [3.63, 3.8) is 0 Å². The average molecular weight is 848 g/mol. The van der Waals surface area contributed by atoms with Crippen LogP contribution in [0.3, 0.4) is 0 Å². The fourth-order valence-electron chi connectivity index (χ4n) is 4.48. The van der Waals surface area contributed by atoms with Crippen molar-refractivity contribution in [1.29, 1.82) is 0 Å². The number of hydrogen-bond donors (Lipinski definition) is 3. The molecule has 0 amide bonds. The Morgan fingerprint density at radius 1 is 0.717 bits per heavy atom. The maximum Gasteiger partial charge on any atom is 2.00 e. The minimum Gasteiger partial charge on any atom is -0.753 e. The molecule has 0 fully saturated rings. The van der Waals surface area contributed by atoms with Gasteiger partial charge in [-0.2, -0.15) is 5.16 Å². The van der Waals surface area contributed by atoms with Crippen molar-refractivity contribution < 1.29 is 49.2 Å². The van der Waals surface area contributed by atoms with Crippen molar-refractivity contribution in [2.24, 2.45) is 0 Å². The first-order valence-electron chi connectivity index (χ1n) is 14.7. The van der Waals surface area contributed by atoms with E-state index >= 15 is 0 Å².